The summed E-state index contributed by atoms with van der Waals surface area (Å²) in [5.74, 6) is 1.70. The molecule has 2 rings (SSSR count). The van der Waals surface area contributed by atoms with E-state index in [9.17, 15) is 0 Å². The van der Waals surface area contributed by atoms with Crippen molar-refractivity contribution in [1.82, 2.24) is 10.2 Å². The van der Waals surface area contributed by atoms with Crippen molar-refractivity contribution < 1.29 is 4.74 Å². The average Bonchev–Trinajstić information content (AvgIpc) is 2.39. The monoisotopic (exact) mass is 262 g/mol. The fraction of sp³-hybridized carbons (Fsp3) is 0.625. The number of piperidine rings is 1. The lowest BCUT2D eigenvalue weighted by atomic mass is 9.94. The zero-order valence-corrected chi connectivity index (χ0v) is 12.4. The van der Waals surface area contributed by atoms with E-state index in [1.165, 1.54) is 25.1 Å². The normalized spacial score (nSPS) is 24.4. The molecule has 1 fully saturated rings. The molecule has 2 unspecified atom stereocenters. The van der Waals surface area contributed by atoms with Gasteiger partial charge in [-0.25, -0.2) is 0 Å². The van der Waals surface area contributed by atoms with Crippen LogP contribution in [0.5, 0.6) is 5.75 Å². The molecule has 1 aromatic rings. The molecule has 0 spiro atoms. The van der Waals surface area contributed by atoms with Gasteiger partial charge in [-0.15, -0.1) is 0 Å². The summed E-state index contributed by atoms with van der Waals surface area (Å²) < 4.78 is 5.82. The molecule has 19 heavy (non-hydrogen) atoms. The largest absolute Gasteiger partial charge is 0.492 e. The highest BCUT2D eigenvalue weighted by atomic mass is 16.5. The second-order valence-corrected chi connectivity index (χ2v) is 5.63. The van der Waals surface area contributed by atoms with Crippen LogP contribution in [-0.4, -0.2) is 44.2 Å². The molecule has 2 atom stereocenters. The SMILES string of the molecule is CNC1CCN(CCOc2cccc(C)c2)CC1C. The number of ether oxygens (including phenoxy) is 1. The number of likely N-dealkylation sites (tertiary alicyclic amines) is 1. The highest BCUT2D eigenvalue weighted by Crippen LogP contribution is 2.17. The summed E-state index contributed by atoms with van der Waals surface area (Å²) in [6.07, 6.45) is 1.24. The zero-order valence-electron chi connectivity index (χ0n) is 12.4. The number of nitrogens with zero attached hydrogens (tertiary/aromatic N) is 1. The average molecular weight is 262 g/mol. The Hall–Kier alpha value is -1.06. The molecule has 0 aromatic heterocycles. The Bertz CT molecular complexity index is 394. The van der Waals surface area contributed by atoms with Crippen molar-refractivity contribution in [3.63, 3.8) is 0 Å². The molecule has 0 radical (unpaired) electrons. The lowest BCUT2D eigenvalue weighted by molar-refractivity contribution is 0.130. The van der Waals surface area contributed by atoms with Gasteiger partial charge in [0.1, 0.15) is 12.4 Å². The van der Waals surface area contributed by atoms with Crippen molar-refractivity contribution in [1.29, 1.82) is 0 Å². The van der Waals surface area contributed by atoms with Crippen LogP contribution in [0.3, 0.4) is 0 Å². The molecule has 0 aliphatic carbocycles. The maximum Gasteiger partial charge on any atom is 0.119 e. The zero-order chi connectivity index (χ0) is 13.7. The van der Waals surface area contributed by atoms with Gasteiger partial charge in [-0.2, -0.15) is 0 Å². The topological polar surface area (TPSA) is 24.5 Å². The van der Waals surface area contributed by atoms with Gasteiger partial charge in [-0.3, -0.25) is 4.90 Å². The molecule has 3 nitrogen and oxygen atoms in total. The van der Waals surface area contributed by atoms with E-state index in [0.29, 0.717) is 6.04 Å². The number of hydrogen-bond donors (Lipinski definition) is 1. The van der Waals surface area contributed by atoms with Crippen LogP contribution in [-0.2, 0) is 0 Å². The third-order valence-electron chi connectivity index (χ3n) is 4.03. The van der Waals surface area contributed by atoms with E-state index in [-0.39, 0.29) is 0 Å². The lowest BCUT2D eigenvalue weighted by Gasteiger charge is -2.36. The first-order chi connectivity index (χ1) is 9.19. The number of hydrogen-bond acceptors (Lipinski definition) is 3. The van der Waals surface area contributed by atoms with E-state index in [2.05, 4.69) is 43.2 Å². The van der Waals surface area contributed by atoms with Crippen LogP contribution in [0, 0.1) is 12.8 Å². The first-order valence-electron chi connectivity index (χ1n) is 7.28. The fourth-order valence-electron chi connectivity index (χ4n) is 2.86. The molecular formula is C16H26N2O. The third kappa shape index (κ3) is 4.22. The molecule has 106 valence electrons. The van der Waals surface area contributed by atoms with E-state index in [1.54, 1.807) is 0 Å². The summed E-state index contributed by atoms with van der Waals surface area (Å²) in [7, 11) is 2.07. The van der Waals surface area contributed by atoms with Crippen LogP contribution in [0.1, 0.15) is 18.9 Å². The molecule has 3 heteroatoms. The molecule has 1 aromatic carbocycles. The van der Waals surface area contributed by atoms with Gasteiger partial charge in [0.05, 0.1) is 0 Å². The van der Waals surface area contributed by atoms with Gasteiger partial charge in [-0.05, 0) is 50.6 Å². The van der Waals surface area contributed by atoms with Crippen LogP contribution in [0.25, 0.3) is 0 Å². The maximum atomic E-state index is 5.82. The maximum absolute atomic E-state index is 5.82. The summed E-state index contributed by atoms with van der Waals surface area (Å²) in [6, 6.07) is 8.94. The van der Waals surface area contributed by atoms with Crippen molar-refractivity contribution in [3.8, 4) is 5.75 Å². The third-order valence-corrected chi connectivity index (χ3v) is 4.03. The Kier molecular flexibility index (Phi) is 5.23. The minimum Gasteiger partial charge on any atom is -0.492 e. The molecule has 1 heterocycles. The molecule has 0 saturated carbocycles. The Balaban J connectivity index is 1.72. The predicted octanol–water partition coefficient (Wildman–Crippen LogP) is 2.30. The standard InChI is InChI=1S/C16H26N2O/c1-13-5-4-6-15(11-13)19-10-9-18-8-7-16(17-3)14(2)12-18/h4-6,11,14,16-17H,7-10,12H2,1-3H3. The fourth-order valence-corrected chi connectivity index (χ4v) is 2.86. The van der Waals surface area contributed by atoms with Gasteiger partial charge in [-0.1, -0.05) is 19.1 Å². The Morgan fingerprint density at radius 3 is 2.95 bits per heavy atom. The minimum atomic E-state index is 0.675. The number of aryl methyl sites for hydroxylation is 1. The Morgan fingerprint density at radius 2 is 2.26 bits per heavy atom. The Labute approximate surface area is 116 Å². The van der Waals surface area contributed by atoms with Crippen molar-refractivity contribution in [2.75, 3.05) is 33.3 Å². The molecule has 1 saturated heterocycles. The van der Waals surface area contributed by atoms with Crippen LogP contribution in [0.4, 0.5) is 0 Å². The summed E-state index contributed by atoms with van der Waals surface area (Å²) >= 11 is 0. The van der Waals surface area contributed by atoms with Gasteiger partial charge in [0.2, 0.25) is 0 Å². The van der Waals surface area contributed by atoms with E-state index in [0.717, 1.165) is 24.8 Å². The van der Waals surface area contributed by atoms with Gasteiger partial charge < -0.3 is 10.1 Å². The van der Waals surface area contributed by atoms with Crippen LogP contribution < -0.4 is 10.1 Å². The molecule has 1 aliphatic rings. The summed E-state index contributed by atoms with van der Waals surface area (Å²) in [5.41, 5.74) is 1.25. The molecule has 1 N–H and O–H groups in total. The summed E-state index contributed by atoms with van der Waals surface area (Å²) in [5, 5.41) is 3.40. The van der Waals surface area contributed by atoms with Gasteiger partial charge in [0, 0.05) is 19.1 Å². The van der Waals surface area contributed by atoms with Crippen molar-refractivity contribution >= 4 is 0 Å². The van der Waals surface area contributed by atoms with Crippen LogP contribution in [0.15, 0.2) is 24.3 Å². The molecular weight excluding hydrogens is 236 g/mol. The minimum absolute atomic E-state index is 0.675. The van der Waals surface area contributed by atoms with Gasteiger partial charge in [0.15, 0.2) is 0 Å². The predicted molar refractivity (Wildman–Crippen MR) is 79.7 cm³/mol. The summed E-state index contributed by atoms with van der Waals surface area (Å²) in [6.45, 7) is 8.57. The number of nitrogens with one attached hydrogen (secondary N) is 1. The van der Waals surface area contributed by atoms with Gasteiger partial charge >= 0.3 is 0 Å². The van der Waals surface area contributed by atoms with E-state index >= 15 is 0 Å². The van der Waals surface area contributed by atoms with E-state index < -0.39 is 0 Å². The van der Waals surface area contributed by atoms with Gasteiger partial charge in [0.25, 0.3) is 0 Å². The first-order valence-corrected chi connectivity index (χ1v) is 7.28. The second-order valence-electron chi connectivity index (χ2n) is 5.63. The smallest absolute Gasteiger partial charge is 0.119 e. The van der Waals surface area contributed by atoms with E-state index in [4.69, 9.17) is 4.74 Å². The summed E-state index contributed by atoms with van der Waals surface area (Å²) in [4.78, 5) is 2.51. The lowest BCUT2D eigenvalue weighted by Crippen LogP contribution is -2.48. The van der Waals surface area contributed by atoms with Crippen molar-refractivity contribution in [2.45, 2.75) is 26.3 Å². The molecule has 1 aliphatic heterocycles. The van der Waals surface area contributed by atoms with Crippen molar-refractivity contribution in [3.05, 3.63) is 29.8 Å². The Morgan fingerprint density at radius 1 is 1.42 bits per heavy atom. The van der Waals surface area contributed by atoms with Crippen molar-refractivity contribution in [2.24, 2.45) is 5.92 Å². The molecule has 0 bridgehead atoms. The molecule has 0 amide bonds. The second kappa shape index (κ2) is 6.92. The van der Waals surface area contributed by atoms with Crippen LogP contribution in [0.2, 0.25) is 0 Å². The highest BCUT2D eigenvalue weighted by Gasteiger charge is 2.24. The van der Waals surface area contributed by atoms with E-state index in [1.807, 2.05) is 12.1 Å². The first kappa shape index (κ1) is 14.4. The van der Waals surface area contributed by atoms with Crippen LogP contribution >= 0.6 is 0 Å². The number of benzene rings is 1. The number of rotatable bonds is 5. The highest BCUT2D eigenvalue weighted by molar-refractivity contribution is 5.27. The quantitative estimate of drug-likeness (QED) is 0.881.